The largest absolute Gasteiger partial charge is 0.478 e. The second kappa shape index (κ2) is 3.34. The molecule has 58 valence electrons. The maximum absolute atomic E-state index is 10.1. The van der Waals surface area contributed by atoms with Crippen LogP contribution in [-0.2, 0) is 4.79 Å². The van der Waals surface area contributed by atoms with Crippen LogP contribution in [0.5, 0.6) is 0 Å². The van der Waals surface area contributed by atoms with Crippen molar-refractivity contribution in [3.63, 3.8) is 0 Å². The highest BCUT2D eigenvalue weighted by Gasteiger charge is 1.94. The number of thiophene rings is 1. The minimum absolute atomic E-state index is 0.907. The van der Waals surface area contributed by atoms with E-state index in [2.05, 4.69) is 0 Å². The number of aryl methyl sites for hydroxylation is 1. The lowest BCUT2D eigenvalue weighted by Crippen LogP contribution is -1.85. The first-order valence-electron chi connectivity index (χ1n) is 3.14. The molecule has 3 heteroatoms. The molecule has 0 amide bonds. The van der Waals surface area contributed by atoms with E-state index in [0.717, 1.165) is 17.2 Å². The smallest absolute Gasteiger partial charge is 0.328 e. The predicted molar refractivity (Wildman–Crippen MR) is 45.7 cm³/mol. The van der Waals surface area contributed by atoms with E-state index in [1.165, 1.54) is 0 Å². The molecule has 1 heterocycles. The average Bonchev–Trinajstić information content (AvgIpc) is 2.31. The van der Waals surface area contributed by atoms with Crippen molar-refractivity contribution in [2.24, 2.45) is 0 Å². The van der Waals surface area contributed by atoms with Crippen molar-refractivity contribution in [1.82, 2.24) is 0 Å². The van der Waals surface area contributed by atoms with Gasteiger partial charge in [0.25, 0.3) is 0 Å². The van der Waals surface area contributed by atoms with Gasteiger partial charge >= 0.3 is 5.97 Å². The molecule has 0 atom stereocenters. The van der Waals surface area contributed by atoms with E-state index in [0.29, 0.717) is 0 Å². The number of carboxylic acid groups (broad SMARTS) is 1. The maximum Gasteiger partial charge on any atom is 0.328 e. The molecular weight excluding hydrogens is 160 g/mol. The molecule has 0 bridgehead atoms. The Hall–Kier alpha value is -1.09. The van der Waals surface area contributed by atoms with Gasteiger partial charge < -0.3 is 5.11 Å². The van der Waals surface area contributed by atoms with Gasteiger partial charge in [0.15, 0.2) is 0 Å². The van der Waals surface area contributed by atoms with Crippen LogP contribution in [0.4, 0.5) is 0 Å². The van der Waals surface area contributed by atoms with E-state index >= 15 is 0 Å². The van der Waals surface area contributed by atoms with Gasteiger partial charge in [-0.3, -0.25) is 0 Å². The van der Waals surface area contributed by atoms with Gasteiger partial charge in [0.1, 0.15) is 0 Å². The summed E-state index contributed by atoms with van der Waals surface area (Å²) in [6.45, 7) is 1.96. The molecule has 0 spiro atoms. The number of hydrogen-bond donors (Lipinski definition) is 1. The van der Waals surface area contributed by atoms with E-state index in [1.807, 2.05) is 17.7 Å². The second-order valence-corrected chi connectivity index (χ2v) is 2.93. The van der Waals surface area contributed by atoms with Gasteiger partial charge in [-0.1, -0.05) is 0 Å². The molecule has 2 nitrogen and oxygen atoms in total. The van der Waals surface area contributed by atoms with E-state index in [9.17, 15) is 4.79 Å². The number of aliphatic carboxylic acids is 1. The Morgan fingerprint density at radius 3 is 2.82 bits per heavy atom. The SMILES string of the molecule is Cc1cscc1C=CC(=O)O. The fourth-order valence-electron chi connectivity index (χ4n) is 0.702. The summed E-state index contributed by atoms with van der Waals surface area (Å²) in [7, 11) is 0. The Kier molecular flexibility index (Phi) is 2.44. The molecule has 1 N–H and O–H groups in total. The van der Waals surface area contributed by atoms with Crippen molar-refractivity contribution in [2.75, 3.05) is 0 Å². The van der Waals surface area contributed by atoms with Crippen LogP contribution in [0.1, 0.15) is 11.1 Å². The van der Waals surface area contributed by atoms with Crippen LogP contribution in [0.25, 0.3) is 6.08 Å². The monoisotopic (exact) mass is 168 g/mol. The molecule has 1 aromatic rings. The van der Waals surface area contributed by atoms with E-state index < -0.39 is 5.97 Å². The molecule has 0 saturated carbocycles. The minimum Gasteiger partial charge on any atom is -0.478 e. The Morgan fingerprint density at radius 2 is 2.36 bits per heavy atom. The third kappa shape index (κ3) is 2.20. The Morgan fingerprint density at radius 1 is 1.64 bits per heavy atom. The van der Waals surface area contributed by atoms with Crippen molar-refractivity contribution in [3.8, 4) is 0 Å². The average molecular weight is 168 g/mol. The highest BCUT2D eigenvalue weighted by Crippen LogP contribution is 2.14. The van der Waals surface area contributed by atoms with Gasteiger partial charge in [-0.05, 0) is 34.9 Å². The number of carbonyl (C=O) groups is 1. The Bertz CT molecular complexity index is 286. The molecule has 11 heavy (non-hydrogen) atoms. The fraction of sp³-hybridized carbons (Fsp3) is 0.125. The van der Waals surface area contributed by atoms with Crippen LogP contribution >= 0.6 is 11.3 Å². The van der Waals surface area contributed by atoms with Crippen LogP contribution in [0.3, 0.4) is 0 Å². The van der Waals surface area contributed by atoms with Crippen LogP contribution in [0, 0.1) is 6.92 Å². The van der Waals surface area contributed by atoms with Crippen LogP contribution < -0.4 is 0 Å². The lowest BCUT2D eigenvalue weighted by molar-refractivity contribution is -0.131. The van der Waals surface area contributed by atoms with Crippen molar-refractivity contribution in [2.45, 2.75) is 6.92 Å². The van der Waals surface area contributed by atoms with Crippen molar-refractivity contribution >= 4 is 23.4 Å². The summed E-state index contributed by atoms with van der Waals surface area (Å²) in [5.74, 6) is -0.907. The molecule has 0 aromatic carbocycles. The third-order valence-corrected chi connectivity index (χ3v) is 2.18. The number of carboxylic acids is 1. The highest BCUT2D eigenvalue weighted by atomic mass is 32.1. The topological polar surface area (TPSA) is 37.3 Å². The van der Waals surface area contributed by atoms with Crippen molar-refractivity contribution in [1.29, 1.82) is 0 Å². The quantitative estimate of drug-likeness (QED) is 0.687. The fourth-order valence-corrected chi connectivity index (χ4v) is 1.52. The molecular formula is C8H8O2S. The molecule has 1 rings (SSSR count). The van der Waals surface area contributed by atoms with Crippen LogP contribution in [0.15, 0.2) is 16.8 Å². The normalized spacial score (nSPS) is 10.6. The first-order valence-corrected chi connectivity index (χ1v) is 4.08. The zero-order valence-electron chi connectivity index (χ0n) is 6.07. The van der Waals surface area contributed by atoms with Crippen LogP contribution in [-0.4, -0.2) is 11.1 Å². The van der Waals surface area contributed by atoms with Gasteiger partial charge in [0, 0.05) is 6.08 Å². The first-order chi connectivity index (χ1) is 5.20. The summed E-state index contributed by atoms with van der Waals surface area (Å²) in [5, 5.41) is 12.2. The Balaban J connectivity index is 2.79. The molecule has 0 unspecified atom stereocenters. The van der Waals surface area contributed by atoms with Crippen LogP contribution in [0.2, 0.25) is 0 Å². The highest BCUT2D eigenvalue weighted by molar-refractivity contribution is 7.08. The third-order valence-electron chi connectivity index (χ3n) is 1.30. The van der Waals surface area contributed by atoms with Gasteiger partial charge in [-0.2, -0.15) is 11.3 Å². The lowest BCUT2D eigenvalue weighted by Gasteiger charge is -1.86. The zero-order valence-corrected chi connectivity index (χ0v) is 6.89. The molecule has 0 fully saturated rings. The number of rotatable bonds is 2. The van der Waals surface area contributed by atoms with E-state index in [-0.39, 0.29) is 0 Å². The summed E-state index contributed by atoms with van der Waals surface area (Å²) in [6, 6.07) is 0. The summed E-state index contributed by atoms with van der Waals surface area (Å²) in [4.78, 5) is 10.1. The minimum atomic E-state index is -0.907. The van der Waals surface area contributed by atoms with Gasteiger partial charge in [-0.15, -0.1) is 0 Å². The van der Waals surface area contributed by atoms with Gasteiger partial charge in [0.05, 0.1) is 0 Å². The summed E-state index contributed by atoms with van der Waals surface area (Å²) >= 11 is 1.57. The summed E-state index contributed by atoms with van der Waals surface area (Å²) in [5.41, 5.74) is 2.10. The van der Waals surface area contributed by atoms with Gasteiger partial charge in [0.2, 0.25) is 0 Å². The Labute approximate surface area is 68.8 Å². The molecule has 0 aliphatic rings. The van der Waals surface area contributed by atoms with E-state index in [1.54, 1.807) is 17.4 Å². The van der Waals surface area contributed by atoms with E-state index in [4.69, 9.17) is 5.11 Å². The standard InChI is InChI=1S/C8H8O2S/c1-6-4-11-5-7(6)2-3-8(9)10/h2-5H,1H3,(H,9,10). The van der Waals surface area contributed by atoms with Crippen molar-refractivity contribution < 1.29 is 9.90 Å². The first kappa shape index (κ1) is 8.01. The molecule has 0 aliphatic heterocycles. The maximum atomic E-state index is 10.1. The molecule has 0 aliphatic carbocycles. The zero-order chi connectivity index (χ0) is 8.27. The molecule has 1 aromatic heterocycles. The second-order valence-electron chi connectivity index (χ2n) is 2.18. The molecule has 0 saturated heterocycles. The molecule has 0 radical (unpaired) electrons. The summed E-state index contributed by atoms with van der Waals surface area (Å²) < 4.78 is 0. The van der Waals surface area contributed by atoms with Crippen molar-refractivity contribution in [3.05, 3.63) is 28.0 Å². The lowest BCUT2D eigenvalue weighted by atomic mass is 10.2. The number of hydrogen-bond acceptors (Lipinski definition) is 2. The predicted octanol–water partition coefficient (Wildman–Crippen LogP) is 2.15. The summed E-state index contributed by atoms with van der Waals surface area (Å²) in [6.07, 6.45) is 2.75. The van der Waals surface area contributed by atoms with Gasteiger partial charge in [-0.25, -0.2) is 4.79 Å².